The van der Waals surface area contributed by atoms with Gasteiger partial charge in [-0.05, 0) is 59.5 Å². The highest BCUT2D eigenvalue weighted by atomic mass is 16.5. The third-order valence-corrected chi connectivity index (χ3v) is 6.88. The summed E-state index contributed by atoms with van der Waals surface area (Å²) in [6.45, 7) is 1.52. The molecular formula is C28H29NO6. The van der Waals surface area contributed by atoms with Crippen LogP contribution >= 0.6 is 0 Å². The Morgan fingerprint density at radius 2 is 1.34 bits per heavy atom. The van der Waals surface area contributed by atoms with Crippen LogP contribution in [0.3, 0.4) is 0 Å². The Hall–Kier alpha value is -3.71. The molecule has 2 heterocycles. The minimum Gasteiger partial charge on any atom is -0.493 e. The van der Waals surface area contributed by atoms with Gasteiger partial charge in [0.1, 0.15) is 6.10 Å². The molecule has 0 amide bonds. The van der Waals surface area contributed by atoms with Crippen molar-refractivity contribution in [1.29, 1.82) is 0 Å². The fourth-order valence-corrected chi connectivity index (χ4v) is 5.17. The number of ether oxygens (including phenoxy) is 5. The Bertz CT molecular complexity index is 1240. The second-order valence-corrected chi connectivity index (χ2v) is 8.67. The largest absolute Gasteiger partial charge is 0.493 e. The Morgan fingerprint density at radius 1 is 0.771 bits per heavy atom. The van der Waals surface area contributed by atoms with Crippen LogP contribution in [0.25, 0.3) is 0 Å². The zero-order valence-corrected chi connectivity index (χ0v) is 20.4. The zero-order chi connectivity index (χ0) is 24.5. The molecule has 0 spiro atoms. The van der Waals surface area contributed by atoms with E-state index in [0.29, 0.717) is 35.1 Å². The lowest BCUT2D eigenvalue weighted by molar-refractivity contribution is -0.0177. The molecule has 2 atom stereocenters. The lowest BCUT2D eigenvalue weighted by atomic mass is 9.81. The monoisotopic (exact) mass is 475 g/mol. The van der Waals surface area contributed by atoms with Crippen LogP contribution in [0.15, 0.2) is 54.6 Å². The van der Waals surface area contributed by atoms with Crippen LogP contribution in [0.5, 0.6) is 23.0 Å². The predicted octanol–water partition coefficient (Wildman–Crippen LogP) is 4.73. The molecule has 2 aliphatic rings. The van der Waals surface area contributed by atoms with Gasteiger partial charge in [0.2, 0.25) is 0 Å². The maximum atomic E-state index is 13.3. The molecule has 2 aliphatic heterocycles. The predicted molar refractivity (Wildman–Crippen MR) is 131 cm³/mol. The maximum Gasteiger partial charge on any atom is 0.338 e. The Morgan fingerprint density at radius 3 is 1.97 bits per heavy atom. The van der Waals surface area contributed by atoms with Crippen molar-refractivity contribution in [2.24, 2.45) is 0 Å². The number of methoxy groups -OCH3 is 4. The van der Waals surface area contributed by atoms with Gasteiger partial charge in [0.15, 0.2) is 23.0 Å². The molecule has 3 aromatic carbocycles. The number of carbonyl (C=O) groups is 1. The van der Waals surface area contributed by atoms with Crippen LogP contribution in [0.2, 0.25) is 0 Å². The first kappa shape index (κ1) is 23.1. The van der Waals surface area contributed by atoms with E-state index in [-0.39, 0.29) is 12.0 Å². The van der Waals surface area contributed by atoms with Crippen LogP contribution in [0, 0.1) is 0 Å². The molecule has 7 nitrogen and oxygen atoms in total. The van der Waals surface area contributed by atoms with Gasteiger partial charge in [-0.2, -0.15) is 0 Å². The first-order chi connectivity index (χ1) is 17.1. The second kappa shape index (κ2) is 9.50. The van der Waals surface area contributed by atoms with Crippen molar-refractivity contribution >= 4 is 5.97 Å². The summed E-state index contributed by atoms with van der Waals surface area (Å²) in [7, 11) is 6.50. The number of rotatable bonds is 6. The summed E-state index contributed by atoms with van der Waals surface area (Å²) in [6.07, 6.45) is 0.303. The number of nitrogens with zero attached hydrogens (tertiary/aromatic N) is 1. The SMILES string of the molecule is COc1cc2c(cc1OC)[C@@H]1[C@@H](OC(=O)c3ccccc3)c3cc(OC)c(OC)cc3CN1CC2. The highest BCUT2D eigenvalue weighted by molar-refractivity contribution is 5.89. The quantitative estimate of drug-likeness (QED) is 0.478. The summed E-state index contributed by atoms with van der Waals surface area (Å²) >= 11 is 0. The van der Waals surface area contributed by atoms with E-state index in [1.807, 2.05) is 42.5 Å². The van der Waals surface area contributed by atoms with E-state index in [1.165, 1.54) is 0 Å². The third-order valence-electron chi connectivity index (χ3n) is 6.88. The first-order valence-corrected chi connectivity index (χ1v) is 11.6. The summed E-state index contributed by atoms with van der Waals surface area (Å²) in [5.41, 5.74) is 4.70. The molecule has 0 aliphatic carbocycles. The highest BCUT2D eigenvalue weighted by Crippen LogP contribution is 2.50. The minimum atomic E-state index is -0.552. The number of carbonyl (C=O) groups excluding carboxylic acids is 1. The average molecular weight is 476 g/mol. The van der Waals surface area contributed by atoms with E-state index in [1.54, 1.807) is 40.6 Å². The van der Waals surface area contributed by atoms with Gasteiger partial charge >= 0.3 is 5.97 Å². The van der Waals surface area contributed by atoms with Crippen LogP contribution in [-0.2, 0) is 17.7 Å². The van der Waals surface area contributed by atoms with Gasteiger partial charge < -0.3 is 23.7 Å². The van der Waals surface area contributed by atoms with E-state index < -0.39 is 6.10 Å². The number of hydrogen-bond donors (Lipinski definition) is 0. The molecule has 7 heteroatoms. The zero-order valence-electron chi connectivity index (χ0n) is 20.4. The molecule has 0 N–H and O–H groups in total. The molecule has 5 rings (SSSR count). The maximum absolute atomic E-state index is 13.3. The first-order valence-electron chi connectivity index (χ1n) is 11.6. The van der Waals surface area contributed by atoms with Crippen molar-refractivity contribution in [3.8, 4) is 23.0 Å². The van der Waals surface area contributed by atoms with Crippen molar-refractivity contribution < 1.29 is 28.5 Å². The summed E-state index contributed by atoms with van der Waals surface area (Å²) in [4.78, 5) is 15.6. The molecule has 0 radical (unpaired) electrons. The summed E-state index contributed by atoms with van der Waals surface area (Å²) in [5.74, 6) is 2.23. The number of benzene rings is 3. The average Bonchev–Trinajstić information content (AvgIpc) is 2.91. The van der Waals surface area contributed by atoms with Gasteiger partial charge in [-0.15, -0.1) is 0 Å². The highest BCUT2D eigenvalue weighted by Gasteiger charge is 2.43. The van der Waals surface area contributed by atoms with E-state index in [0.717, 1.165) is 35.2 Å². The van der Waals surface area contributed by atoms with Gasteiger partial charge in [-0.25, -0.2) is 4.79 Å². The van der Waals surface area contributed by atoms with Crippen molar-refractivity contribution in [2.45, 2.75) is 25.1 Å². The Balaban J connectivity index is 1.65. The van der Waals surface area contributed by atoms with Crippen LogP contribution in [0.1, 0.15) is 44.8 Å². The Kier molecular flexibility index (Phi) is 6.26. The molecule has 182 valence electrons. The molecule has 35 heavy (non-hydrogen) atoms. The van der Waals surface area contributed by atoms with Crippen molar-refractivity contribution in [3.05, 3.63) is 82.4 Å². The van der Waals surface area contributed by atoms with E-state index >= 15 is 0 Å². The lowest BCUT2D eigenvalue weighted by Gasteiger charge is -2.45. The summed E-state index contributed by atoms with van der Waals surface area (Å²) < 4.78 is 28.6. The normalized spacial score (nSPS) is 18.5. The van der Waals surface area contributed by atoms with Crippen molar-refractivity contribution in [3.63, 3.8) is 0 Å². The summed E-state index contributed by atoms with van der Waals surface area (Å²) in [5, 5.41) is 0. The van der Waals surface area contributed by atoms with E-state index in [4.69, 9.17) is 23.7 Å². The van der Waals surface area contributed by atoms with Gasteiger partial charge in [0, 0.05) is 18.7 Å². The fraction of sp³-hybridized carbons (Fsp3) is 0.321. The molecule has 0 saturated heterocycles. The van der Waals surface area contributed by atoms with Crippen molar-refractivity contribution in [2.75, 3.05) is 35.0 Å². The topological polar surface area (TPSA) is 66.5 Å². The number of fused-ring (bicyclic) bond motifs is 4. The van der Waals surface area contributed by atoms with Crippen LogP contribution < -0.4 is 18.9 Å². The fourth-order valence-electron chi connectivity index (χ4n) is 5.17. The van der Waals surface area contributed by atoms with Gasteiger partial charge in [0.25, 0.3) is 0 Å². The molecule has 0 fully saturated rings. The minimum absolute atomic E-state index is 0.184. The molecular weight excluding hydrogens is 446 g/mol. The number of esters is 1. The van der Waals surface area contributed by atoms with Crippen LogP contribution in [-0.4, -0.2) is 45.9 Å². The van der Waals surface area contributed by atoms with Gasteiger partial charge in [-0.3, -0.25) is 4.90 Å². The molecule has 0 aromatic heterocycles. The molecule has 0 bridgehead atoms. The number of hydrogen-bond acceptors (Lipinski definition) is 7. The molecule has 0 saturated carbocycles. The molecule has 0 unspecified atom stereocenters. The smallest absolute Gasteiger partial charge is 0.338 e. The standard InChI is InChI=1S/C28H29NO6/c1-31-22-12-18-10-11-29-16-19-13-23(32-2)25(34-4)15-21(19)27(26(29)20(18)14-24(22)33-3)35-28(30)17-8-6-5-7-9-17/h5-9,12-15,26-27H,10-11,16H2,1-4H3/t26-,27+/m1/s1. The molecule has 3 aromatic rings. The summed E-state index contributed by atoms with van der Waals surface area (Å²) in [6, 6.07) is 16.9. The third kappa shape index (κ3) is 4.06. The Labute approximate surface area is 205 Å². The second-order valence-electron chi connectivity index (χ2n) is 8.67. The van der Waals surface area contributed by atoms with E-state index in [9.17, 15) is 4.79 Å². The van der Waals surface area contributed by atoms with Crippen molar-refractivity contribution in [1.82, 2.24) is 4.90 Å². The van der Waals surface area contributed by atoms with Crippen LogP contribution in [0.4, 0.5) is 0 Å². The van der Waals surface area contributed by atoms with Gasteiger partial charge in [-0.1, -0.05) is 18.2 Å². The van der Waals surface area contributed by atoms with E-state index in [2.05, 4.69) is 4.90 Å². The van der Waals surface area contributed by atoms with Gasteiger partial charge in [0.05, 0.1) is 40.0 Å². The lowest BCUT2D eigenvalue weighted by Crippen LogP contribution is -2.43.